The molecule has 9 nitrogen and oxygen atoms in total. The molecule has 25 heavy (non-hydrogen) atoms. The molecule has 2 aromatic rings. The number of nitrogens with zero attached hydrogens (tertiary/aromatic N) is 4. The number of ether oxygens (including phenoxy) is 1. The van der Waals surface area contributed by atoms with E-state index in [0.29, 0.717) is 13.1 Å². The standard InChI is InChI=1S/C16H22N6O3/c1-4-25-14(23)13-8-17-15(18-13)19-16(24)21-6-5-12(9-21)22-11(3)7-10(2)20-22/h7-8,12H,4-6,9H2,1-3H3,(H2,17,18,19,24)/t12-/m0/s1. The van der Waals surface area contributed by atoms with Crippen molar-refractivity contribution in [2.24, 2.45) is 0 Å². The largest absolute Gasteiger partial charge is 0.461 e. The number of carbonyl (C=O) groups is 2. The Morgan fingerprint density at radius 2 is 2.24 bits per heavy atom. The van der Waals surface area contributed by atoms with Crippen LogP contribution in [0.1, 0.15) is 41.3 Å². The average molecular weight is 346 g/mol. The molecule has 0 unspecified atom stereocenters. The fourth-order valence-electron chi connectivity index (χ4n) is 3.02. The van der Waals surface area contributed by atoms with Gasteiger partial charge in [-0.15, -0.1) is 0 Å². The number of likely N-dealkylation sites (tertiary alicyclic amines) is 1. The number of urea groups is 1. The number of hydrogen-bond donors (Lipinski definition) is 2. The first-order valence-electron chi connectivity index (χ1n) is 8.28. The van der Waals surface area contributed by atoms with Gasteiger partial charge in [-0.05, 0) is 33.3 Å². The fourth-order valence-corrected chi connectivity index (χ4v) is 3.02. The topological polar surface area (TPSA) is 105 Å². The number of hydrogen-bond acceptors (Lipinski definition) is 5. The lowest BCUT2D eigenvalue weighted by Gasteiger charge is -2.17. The molecule has 1 aliphatic heterocycles. The number of esters is 1. The third-order valence-corrected chi connectivity index (χ3v) is 4.14. The summed E-state index contributed by atoms with van der Waals surface area (Å²) in [4.78, 5) is 32.5. The van der Waals surface area contributed by atoms with Gasteiger partial charge in [0.25, 0.3) is 0 Å². The molecule has 3 heterocycles. The first-order chi connectivity index (χ1) is 12.0. The van der Waals surface area contributed by atoms with Crippen LogP contribution in [0.3, 0.4) is 0 Å². The van der Waals surface area contributed by atoms with Crippen molar-refractivity contribution in [2.75, 3.05) is 25.0 Å². The molecule has 1 aliphatic rings. The third-order valence-electron chi connectivity index (χ3n) is 4.14. The fraction of sp³-hybridized carbons (Fsp3) is 0.500. The summed E-state index contributed by atoms with van der Waals surface area (Å²) in [6.07, 6.45) is 2.19. The van der Waals surface area contributed by atoms with Crippen molar-refractivity contribution in [2.45, 2.75) is 33.2 Å². The Bertz CT molecular complexity index is 781. The number of anilines is 1. The average Bonchev–Trinajstić information content (AvgIpc) is 3.27. The molecular weight excluding hydrogens is 324 g/mol. The molecule has 1 saturated heterocycles. The minimum absolute atomic E-state index is 0.172. The Hall–Kier alpha value is -2.84. The minimum Gasteiger partial charge on any atom is -0.461 e. The molecule has 0 spiro atoms. The summed E-state index contributed by atoms with van der Waals surface area (Å²) < 4.78 is 6.86. The van der Waals surface area contributed by atoms with Crippen molar-refractivity contribution in [3.05, 3.63) is 29.3 Å². The van der Waals surface area contributed by atoms with E-state index in [9.17, 15) is 9.59 Å². The summed E-state index contributed by atoms with van der Waals surface area (Å²) >= 11 is 0. The van der Waals surface area contributed by atoms with Crippen molar-refractivity contribution in [1.29, 1.82) is 0 Å². The number of nitrogens with one attached hydrogen (secondary N) is 2. The number of aromatic nitrogens is 4. The van der Waals surface area contributed by atoms with Crippen molar-refractivity contribution >= 4 is 17.9 Å². The van der Waals surface area contributed by atoms with Gasteiger partial charge in [-0.1, -0.05) is 0 Å². The molecule has 3 rings (SSSR count). The van der Waals surface area contributed by atoms with Crippen LogP contribution in [-0.2, 0) is 4.74 Å². The van der Waals surface area contributed by atoms with Gasteiger partial charge in [0.05, 0.1) is 24.5 Å². The molecule has 1 atom stereocenters. The zero-order valence-corrected chi connectivity index (χ0v) is 14.6. The van der Waals surface area contributed by atoms with Gasteiger partial charge < -0.3 is 14.6 Å². The second kappa shape index (κ2) is 6.96. The van der Waals surface area contributed by atoms with Crippen molar-refractivity contribution in [1.82, 2.24) is 24.6 Å². The van der Waals surface area contributed by atoms with Crippen LogP contribution in [0, 0.1) is 13.8 Å². The van der Waals surface area contributed by atoms with Gasteiger partial charge in [-0.2, -0.15) is 5.10 Å². The van der Waals surface area contributed by atoms with Gasteiger partial charge in [-0.3, -0.25) is 10.00 Å². The summed E-state index contributed by atoms with van der Waals surface area (Å²) in [5.74, 6) is -0.274. The SMILES string of the molecule is CCOC(=O)c1cnc(NC(=O)N2CC[C@H](n3nc(C)cc3C)C2)[nH]1. The van der Waals surface area contributed by atoms with E-state index in [0.717, 1.165) is 17.8 Å². The molecular formula is C16H22N6O3. The highest BCUT2D eigenvalue weighted by atomic mass is 16.5. The van der Waals surface area contributed by atoms with Crippen LogP contribution < -0.4 is 5.32 Å². The number of imidazole rings is 1. The van der Waals surface area contributed by atoms with Crippen molar-refractivity contribution in [3.8, 4) is 0 Å². The number of rotatable bonds is 4. The van der Waals surface area contributed by atoms with E-state index in [4.69, 9.17) is 4.74 Å². The summed E-state index contributed by atoms with van der Waals surface area (Å²) in [6, 6.07) is 1.95. The second-order valence-electron chi connectivity index (χ2n) is 6.06. The maximum atomic E-state index is 12.4. The van der Waals surface area contributed by atoms with Crippen LogP contribution in [-0.4, -0.2) is 56.3 Å². The van der Waals surface area contributed by atoms with Gasteiger partial charge >= 0.3 is 12.0 Å². The molecule has 2 N–H and O–H groups in total. The zero-order chi connectivity index (χ0) is 18.0. The van der Waals surface area contributed by atoms with Crippen molar-refractivity contribution in [3.63, 3.8) is 0 Å². The molecule has 9 heteroatoms. The van der Waals surface area contributed by atoms with Gasteiger partial charge in [0, 0.05) is 18.8 Å². The summed E-state index contributed by atoms with van der Waals surface area (Å²) in [6.45, 7) is 7.20. The Balaban J connectivity index is 1.59. The predicted molar refractivity (Wildman–Crippen MR) is 90.5 cm³/mol. The number of amides is 2. The smallest absolute Gasteiger partial charge is 0.356 e. The van der Waals surface area contributed by atoms with Crippen LogP contribution in [0.5, 0.6) is 0 Å². The van der Waals surface area contributed by atoms with E-state index in [-0.39, 0.29) is 30.3 Å². The molecule has 0 radical (unpaired) electrons. The Kier molecular flexibility index (Phi) is 4.73. The van der Waals surface area contributed by atoms with E-state index in [2.05, 4.69) is 20.4 Å². The predicted octanol–water partition coefficient (Wildman–Crippen LogP) is 1.88. The highest BCUT2D eigenvalue weighted by Gasteiger charge is 2.29. The number of H-pyrrole nitrogens is 1. The monoisotopic (exact) mass is 346 g/mol. The van der Waals surface area contributed by atoms with Gasteiger partial charge in [0.1, 0.15) is 5.69 Å². The highest BCUT2D eigenvalue weighted by molar-refractivity contribution is 5.90. The van der Waals surface area contributed by atoms with E-state index >= 15 is 0 Å². The molecule has 0 aliphatic carbocycles. The summed E-state index contributed by atoms with van der Waals surface area (Å²) in [5, 5.41) is 7.17. The Labute approximate surface area is 145 Å². The Morgan fingerprint density at radius 3 is 2.92 bits per heavy atom. The molecule has 2 aromatic heterocycles. The lowest BCUT2D eigenvalue weighted by atomic mass is 10.2. The molecule has 134 valence electrons. The summed E-state index contributed by atoms with van der Waals surface area (Å²) in [5.41, 5.74) is 2.27. The van der Waals surface area contributed by atoms with Gasteiger partial charge in [-0.25, -0.2) is 14.6 Å². The van der Waals surface area contributed by atoms with E-state index in [1.54, 1.807) is 11.8 Å². The molecule has 0 saturated carbocycles. The van der Waals surface area contributed by atoms with Crippen LogP contribution >= 0.6 is 0 Å². The van der Waals surface area contributed by atoms with E-state index in [1.807, 2.05) is 24.6 Å². The van der Waals surface area contributed by atoms with Crippen molar-refractivity contribution < 1.29 is 14.3 Å². The third kappa shape index (κ3) is 3.65. The molecule has 0 bridgehead atoms. The van der Waals surface area contributed by atoms with Gasteiger partial charge in [0.15, 0.2) is 0 Å². The lowest BCUT2D eigenvalue weighted by molar-refractivity contribution is 0.0520. The molecule has 1 fully saturated rings. The normalized spacial score (nSPS) is 16.9. The Morgan fingerprint density at radius 1 is 1.44 bits per heavy atom. The maximum Gasteiger partial charge on any atom is 0.356 e. The molecule has 0 aromatic carbocycles. The quantitative estimate of drug-likeness (QED) is 0.822. The van der Waals surface area contributed by atoms with Crippen LogP contribution in [0.15, 0.2) is 12.3 Å². The second-order valence-corrected chi connectivity index (χ2v) is 6.06. The maximum absolute atomic E-state index is 12.4. The zero-order valence-electron chi connectivity index (χ0n) is 14.6. The summed E-state index contributed by atoms with van der Waals surface area (Å²) in [7, 11) is 0. The van der Waals surface area contributed by atoms with E-state index < -0.39 is 5.97 Å². The number of carbonyl (C=O) groups excluding carboxylic acids is 2. The number of aryl methyl sites for hydroxylation is 2. The van der Waals surface area contributed by atoms with Gasteiger partial charge in [0.2, 0.25) is 5.95 Å². The lowest BCUT2D eigenvalue weighted by Crippen LogP contribution is -2.33. The minimum atomic E-state index is -0.499. The molecule has 2 amide bonds. The van der Waals surface area contributed by atoms with Crippen LogP contribution in [0.4, 0.5) is 10.7 Å². The first-order valence-corrected chi connectivity index (χ1v) is 8.28. The number of aromatic amines is 1. The van der Waals surface area contributed by atoms with E-state index in [1.165, 1.54) is 6.20 Å². The highest BCUT2D eigenvalue weighted by Crippen LogP contribution is 2.23. The van der Waals surface area contributed by atoms with Crippen LogP contribution in [0.2, 0.25) is 0 Å². The van der Waals surface area contributed by atoms with Crippen LogP contribution in [0.25, 0.3) is 0 Å². The first kappa shape index (κ1) is 17.0.